The molecular formula is C52H35NO2S. The van der Waals surface area contributed by atoms with Crippen molar-refractivity contribution >= 4 is 70.5 Å². The van der Waals surface area contributed by atoms with Crippen molar-refractivity contribution in [3.63, 3.8) is 0 Å². The van der Waals surface area contributed by atoms with Gasteiger partial charge in [-0.25, -0.2) is 0 Å². The molecule has 0 spiro atoms. The lowest BCUT2D eigenvalue weighted by Gasteiger charge is -2.27. The Kier molecular flexibility index (Phi) is 7.23. The van der Waals surface area contributed by atoms with Crippen LogP contribution in [0.2, 0.25) is 0 Å². The Morgan fingerprint density at radius 2 is 1.21 bits per heavy atom. The molecule has 0 fully saturated rings. The first-order chi connectivity index (χ1) is 27.4. The predicted molar refractivity (Wildman–Crippen MR) is 236 cm³/mol. The molecule has 8 aromatic carbocycles. The summed E-state index contributed by atoms with van der Waals surface area (Å²) in [5.41, 5.74) is 13.7. The van der Waals surface area contributed by atoms with Crippen LogP contribution >= 0.6 is 11.3 Å². The SMILES string of the molecule is CC1(C)c2ccc(N(c3ccccc3)c3cccc4c3sc3ccccc34)cc2-c2ccc(-c3cccc(-c4cccc5oc6ccccc6c(=O)c45)c3)cc21. The molecule has 11 rings (SSSR count). The highest BCUT2D eigenvalue weighted by molar-refractivity contribution is 7.26. The zero-order chi connectivity index (χ0) is 37.5. The van der Waals surface area contributed by atoms with E-state index in [2.05, 4.69) is 152 Å². The summed E-state index contributed by atoms with van der Waals surface area (Å²) in [7, 11) is 0. The van der Waals surface area contributed by atoms with E-state index in [1.807, 2.05) is 53.8 Å². The highest BCUT2D eigenvalue weighted by Gasteiger charge is 2.36. The molecule has 0 amide bonds. The fraction of sp³-hybridized carbons (Fsp3) is 0.0577. The minimum atomic E-state index is -0.199. The third-order valence-electron chi connectivity index (χ3n) is 11.7. The first-order valence-electron chi connectivity index (χ1n) is 19.0. The molecule has 10 aromatic rings. The van der Waals surface area contributed by atoms with Crippen LogP contribution in [-0.4, -0.2) is 0 Å². The molecule has 0 radical (unpaired) electrons. The summed E-state index contributed by atoms with van der Waals surface area (Å²) in [6.07, 6.45) is 0. The molecule has 0 atom stereocenters. The standard InChI is InChI=1S/C52H35NO2S/c1-52(2)43-28-26-36(53(35-15-4-3-5-16-35)45-21-11-20-40-39-17-7-9-24-48(39)56-51(40)45)31-42(43)38-27-25-33(30-44(38)52)32-13-10-14-34(29-32)37-19-12-23-47-49(37)50(54)41-18-6-8-22-46(41)55-47/h3-31H,1-2H3. The fourth-order valence-electron chi connectivity index (χ4n) is 8.93. The van der Waals surface area contributed by atoms with Gasteiger partial charge in [0, 0.05) is 32.3 Å². The van der Waals surface area contributed by atoms with Crippen molar-refractivity contribution in [2.75, 3.05) is 4.90 Å². The number of para-hydroxylation sites is 2. The van der Waals surface area contributed by atoms with Crippen molar-refractivity contribution in [3.05, 3.63) is 197 Å². The van der Waals surface area contributed by atoms with E-state index in [1.54, 1.807) is 0 Å². The number of rotatable bonds is 5. The van der Waals surface area contributed by atoms with E-state index in [0.717, 1.165) is 33.6 Å². The summed E-state index contributed by atoms with van der Waals surface area (Å²) in [5.74, 6) is 0. The molecule has 0 saturated heterocycles. The Bertz CT molecular complexity index is 3260. The predicted octanol–water partition coefficient (Wildman–Crippen LogP) is 14.4. The van der Waals surface area contributed by atoms with Gasteiger partial charge in [0.05, 0.1) is 21.2 Å². The minimum absolute atomic E-state index is 0.00871. The van der Waals surface area contributed by atoms with E-state index < -0.39 is 0 Å². The van der Waals surface area contributed by atoms with Crippen LogP contribution in [0.5, 0.6) is 0 Å². The molecule has 56 heavy (non-hydrogen) atoms. The number of fused-ring (bicyclic) bond motifs is 8. The molecule has 0 saturated carbocycles. The van der Waals surface area contributed by atoms with E-state index in [9.17, 15) is 4.79 Å². The number of anilines is 3. The Morgan fingerprint density at radius 3 is 2.11 bits per heavy atom. The van der Waals surface area contributed by atoms with Crippen LogP contribution in [-0.2, 0) is 5.41 Å². The zero-order valence-corrected chi connectivity index (χ0v) is 31.7. The summed E-state index contributed by atoms with van der Waals surface area (Å²) in [6.45, 7) is 4.67. The van der Waals surface area contributed by atoms with Gasteiger partial charge in [0.15, 0.2) is 0 Å². The molecule has 0 aliphatic heterocycles. The Morgan fingerprint density at radius 1 is 0.500 bits per heavy atom. The fourth-order valence-corrected chi connectivity index (χ4v) is 10.1. The van der Waals surface area contributed by atoms with Gasteiger partial charge in [-0.15, -0.1) is 11.3 Å². The van der Waals surface area contributed by atoms with E-state index >= 15 is 0 Å². The molecule has 2 aromatic heterocycles. The van der Waals surface area contributed by atoms with Crippen molar-refractivity contribution in [3.8, 4) is 33.4 Å². The molecule has 2 heterocycles. The number of hydrogen-bond donors (Lipinski definition) is 0. The van der Waals surface area contributed by atoms with E-state index in [0.29, 0.717) is 21.9 Å². The maximum absolute atomic E-state index is 13.8. The molecule has 1 aliphatic carbocycles. The monoisotopic (exact) mass is 737 g/mol. The van der Waals surface area contributed by atoms with E-state index in [1.165, 1.54) is 48.1 Å². The van der Waals surface area contributed by atoms with Crippen LogP contribution in [0.4, 0.5) is 17.1 Å². The van der Waals surface area contributed by atoms with Crippen LogP contribution < -0.4 is 10.3 Å². The van der Waals surface area contributed by atoms with Crippen molar-refractivity contribution < 1.29 is 4.42 Å². The number of hydrogen-bond acceptors (Lipinski definition) is 4. The molecule has 4 heteroatoms. The highest BCUT2D eigenvalue weighted by atomic mass is 32.1. The van der Waals surface area contributed by atoms with E-state index in [4.69, 9.17) is 4.42 Å². The van der Waals surface area contributed by atoms with Crippen LogP contribution in [0.1, 0.15) is 25.0 Å². The summed E-state index contributed by atoms with van der Waals surface area (Å²) in [4.78, 5) is 16.2. The molecule has 3 nitrogen and oxygen atoms in total. The molecule has 1 aliphatic rings. The van der Waals surface area contributed by atoms with Crippen molar-refractivity contribution in [2.24, 2.45) is 0 Å². The number of thiophene rings is 1. The maximum Gasteiger partial charge on any atom is 0.201 e. The smallest absolute Gasteiger partial charge is 0.201 e. The van der Waals surface area contributed by atoms with Gasteiger partial charge in [0.25, 0.3) is 0 Å². The third-order valence-corrected chi connectivity index (χ3v) is 12.9. The largest absolute Gasteiger partial charge is 0.456 e. The lowest BCUT2D eigenvalue weighted by molar-refractivity contribution is 0.660. The topological polar surface area (TPSA) is 33.5 Å². The molecule has 266 valence electrons. The van der Waals surface area contributed by atoms with Crippen LogP contribution in [0.15, 0.2) is 185 Å². The average molecular weight is 738 g/mol. The van der Waals surface area contributed by atoms with Gasteiger partial charge in [-0.3, -0.25) is 4.79 Å². The second-order valence-corrected chi connectivity index (χ2v) is 16.3. The van der Waals surface area contributed by atoms with Gasteiger partial charge < -0.3 is 9.32 Å². The third kappa shape index (κ3) is 4.93. The lowest BCUT2D eigenvalue weighted by atomic mass is 9.81. The van der Waals surface area contributed by atoms with Gasteiger partial charge in [-0.2, -0.15) is 0 Å². The van der Waals surface area contributed by atoms with E-state index in [-0.39, 0.29) is 10.8 Å². The lowest BCUT2D eigenvalue weighted by Crippen LogP contribution is -2.15. The minimum Gasteiger partial charge on any atom is -0.456 e. The van der Waals surface area contributed by atoms with Gasteiger partial charge in [-0.1, -0.05) is 123 Å². The first kappa shape index (κ1) is 32.7. The quantitative estimate of drug-likeness (QED) is 0.165. The molecule has 0 unspecified atom stereocenters. The van der Waals surface area contributed by atoms with Crippen LogP contribution in [0, 0.1) is 0 Å². The summed E-state index contributed by atoms with van der Waals surface area (Å²) < 4.78 is 8.79. The second kappa shape index (κ2) is 12.4. The second-order valence-electron chi connectivity index (χ2n) is 15.2. The molecule has 0 N–H and O–H groups in total. The first-order valence-corrected chi connectivity index (χ1v) is 19.9. The normalized spacial score (nSPS) is 13.0. The Labute approximate surface area is 328 Å². The Hall–Kier alpha value is -6.75. The number of benzene rings is 8. The van der Waals surface area contributed by atoms with Crippen LogP contribution in [0.3, 0.4) is 0 Å². The van der Waals surface area contributed by atoms with Crippen molar-refractivity contribution in [1.29, 1.82) is 0 Å². The Balaban J connectivity index is 1.02. The molecule has 0 bridgehead atoms. The van der Waals surface area contributed by atoms with Crippen molar-refractivity contribution in [1.82, 2.24) is 0 Å². The summed E-state index contributed by atoms with van der Waals surface area (Å²) in [6, 6.07) is 61.9. The van der Waals surface area contributed by atoms with Gasteiger partial charge in [-0.05, 0) is 111 Å². The van der Waals surface area contributed by atoms with Gasteiger partial charge in [0.2, 0.25) is 5.43 Å². The van der Waals surface area contributed by atoms with Crippen molar-refractivity contribution in [2.45, 2.75) is 19.3 Å². The van der Waals surface area contributed by atoms with Gasteiger partial charge >= 0.3 is 0 Å². The molecular weight excluding hydrogens is 703 g/mol. The number of nitrogens with zero attached hydrogens (tertiary/aromatic N) is 1. The average Bonchev–Trinajstić information content (AvgIpc) is 3.73. The highest BCUT2D eigenvalue weighted by Crippen LogP contribution is 2.52. The maximum atomic E-state index is 13.8. The summed E-state index contributed by atoms with van der Waals surface area (Å²) in [5, 5.41) is 3.78. The van der Waals surface area contributed by atoms with Crippen LogP contribution in [0.25, 0.3) is 75.5 Å². The zero-order valence-electron chi connectivity index (χ0n) is 30.9. The van der Waals surface area contributed by atoms with Gasteiger partial charge in [0.1, 0.15) is 11.2 Å². The summed E-state index contributed by atoms with van der Waals surface area (Å²) >= 11 is 1.86.